The van der Waals surface area contributed by atoms with Crippen molar-refractivity contribution in [2.45, 2.75) is 20.3 Å². The minimum absolute atomic E-state index is 0.103. The van der Waals surface area contributed by atoms with Gasteiger partial charge in [-0.15, -0.1) is 0 Å². The van der Waals surface area contributed by atoms with Crippen molar-refractivity contribution in [1.29, 1.82) is 0 Å². The first kappa shape index (κ1) is 19.2. The van der Waals surface area contributed by atoms with Crippen LogP contribution in [0.1, 0.15) is 29.8 Å². The van der Waals surface area contributed by atoms with E-state index >= 15 is 0 Å². The molecule has 1 aliphatic heterocycles. The Hall–Kier alpha value is -2.53. The summed E-state index contributed by atoms with van der Waals surface area (Å²) < 4.78 is 0. The Morgan fingerprint density at radius 2 is 1.70 bits per heavy atom. The average Bonchev–Trinajstić information content (AvgIpc) is 2.68. The maximum absolute atomic E-state index is 12.4. The summed E-state index contributed by atoms with van der Waals surface area (Å²) in [5.74, 6) is -0.0534. The molecule has 0 radical (unpaired) electrons. The highest BCUT2D eigenvalue weighted by molar-refractivity contribution is 6.33. The summed E-state index contributed by atoms with van der Waals surface area (Å²) in [7, 11) is 0. The number of hydrogen-bond donors (Lipinski definition) is 1. The van der Waals surface area contributed by atoms with Crippen LogP contribution in [0.3, 0.4) is 0 Å². The molecule has 0 saturated carbocycles. The van der Waals surface area contributed by atoms with Gasteiger partial charge in [0.15, 0.2) is 0 Å². The van der Waals surface area contributed by atoms with E-state index in [1.807, 2.05) is 41.3 Å². The maximum atomic E-state index is 12.4. The van der Waals surface area contributed by atoms with Crippen LogP contribution in [0.5, 0.6) is 0 Å². The van der Waals surface area contributed by atoms with Crippen LogP contribution in [0.2, 0.25) is 5.02 Å². The van der Waals surface area contributed by atoms with Crippen molar-refractivity contribution in [2.24, 2.45) is 0 Å². The summed E-state index contributed by atoms with van der Waals surface area (Å²) in [5.41, 5.74) is 3.40. The van der Waals surface area contributed by atoms with Gasteiger partial charge in [0.2, 0.25) is 5.91 Å². The lowest BCUT2D eigenvalue weighted by atomic mass is 10.1. The molecule has 142 valence electrons. The first-order chi connectivity index (χ1) is 13.0. The second-order valence-corrected chi connectivity index (χ2v) is 7.07. The van der Waals surface area contributed by atoms with Crippen LogP contribution in [0.4, 0.5) is 11.4 Å². The topological polar surface area (TPSA) is 52.7 Å². The van der Waals surface area contributed by atoms with Crippen LogP contribution in [0.25, 0.3) is 0 Å². The normalized spacial score (nSPS) is 14.2. The smallest absolute Gasteiger partial charge is 0.255 e. The van der Waals surface area contributed by atoms with Gasteiger partial charge in [-0.3, -0.25) is 9.59 Å². The number of nitrogens with zero attached hydrogens (tertiary/aromatic N) is 2. The molecule has 0 bridgehead atoms. The zero-order chi connectivity index (χ0) is 19.4. The first-order valence-corrected chi connectivity index (χ1v) is 9.56. The molecule has 1 aliphatic rings. The van der Waals surface area contributed by atoms with Gasteiger partial charge in [0.1, 0.15) is 0 Å². The number of anilines is 2. The lowest BCUT2D eigenvalue weighted by molar-refractivity contribution is -0.129. The Morgan fingerprint density at radius 1 is 1.04 bits per heavy atom. The third-order valence-electron chi connectivity index (χ3n) is 4.90. The molecule has 0 spiro atoms. The van der Waals surface area contributed by atoms with Crippen molar-refractivity contribution in [3.05, 3.63) is 58.6 Å². The zero-order valence-electron chi connectivity index (χ0n) is 15.7. The molecule has 0 aromatic heterocycles. The van der Waals surface area contributed by atoms with Crippen LogP contribution in [-0.2, 0) is 11.2 Å². The molecule has 27 heavy (non-hydrogen) atoms. The SMILES string of the molecule is CCc1ccc(C(=O)Nc2ccc(N3CCN(C(C)=O)CC3)c(Cl)c2)cc1. The quantitative estimate of drug-likeness (QED) is 0.870. The van der Waals surface area contributed by atoms with E-state index in [9.17, 15) is 9.59 Å². The molecule has 0 unspecified atom stereocenters. The van der Waals surface area contributed by atoms with Gasteiger partial charge in [0.25, 0.3) is 5.91 Å². The van der Waals surface area contributed by atoms with Crippen molar-refractivity contribution in [1.82, 2.24) is 4.90 Å². The Kier molecular flexibility index (Phi) is 6.01. The molecule has 2 amide bonds. The summed E-state index contributed by atoms with van der Waals surface area (Å²) >= 11 is 6.46. The van der Waals surface area contributed by atoms with Gasteiger partial charge in [-0.1, -0.05) is 30.7 Å². The highest BCUT2D eigenvalue weighted by Gasteiger charge is 2.20. The number of hydrogen-bond acceptors (Lipinski definition) is 3. The summed E-state index contributed by atoms with van der Waals surface area (Å²) in [4.78, 5) is 27.9. The van der Waals surface area contributed by atoms with Crippen molar-refractivity contribution in [2.75, 3.05) is 36.4 Å². The molecule has 6 heteroatoms. The standard InChI is InChI=1S/C21H24ClN3O2/c1-3-16-4-6-17(7-5-16)21(27)23-18-8-9-20(19(22)14-18)25-12-10-24(11-13-25)15(2)26/h4-9,14H,3,10-13H2,1-2H3,(H,23,27). The molecule has 3 rings (SSSR count). The van der Waals surface area contributed by atoms with Crippen molar-refractivity contribution in [3.63, 3.8) is 0 Å². The second-order valence-electron chi connectivity index (χ2n) is 6.66. The number of halogens is 1. The molecule has 1 fully saturated rings. The van der Waals surface area contributed by atoms with E-state index in [0.717, 1.165) is 25.2 Å². The highest BCUT2D eigenvalue weighted by atomic mass is 35.5. The second kappa shape index (κ2) is 8.44. The van der Waals surface area contributed by atoms with E-state index in [1.54, 1.807) is 13.0 Å². The molecule has 2 aromatic rings. The number of piperazine rings is 1. The van der Waals surface area contributed by atoms with Gasteiger partial charge in [-0.05, 0) is 42.3 Å². The molecular formula is C21H24ClN3O2. The molecule has 2 aromatic carbocycles. The van der Waals surface area contributed by atoms with Crippen LogP contribution < -0.4 is 10.2 Å². The first-order valence-electron chi connectivity index (χ1n) is 9.18. The Labute approximate surface area is 164 Å². The number of aryl methyl sites for hydroxylation is 1. The fraction of sp³-hybridized carbons (Fsp3) is 0.333. The largest absolute Gasteiger partial charge is 0.367 e. The fourth-order valence-corrected chi connectivity index (χ4v) is 3.50. The highest BCUT2D eigenvalue weighted by Crippen LogP contribution is 2.30. The lowest BCUT2D eigenvalue weighted by Gasteiger charge is -2.36. The fourth-order valence-electron chi connectivity index (χ4n) is 3.20. The molecule has 1 heterocycles. The Bertz CT molecular complexity index is 828. The monoisotopic (exact) mass is 385 g/mol. The summed E-state index contributed by atoms with van der Waals surface area (Å²) in [6.07, 6.45) is 0.944. The predicted molar refractivity (Wildman–Crippen MR) is 110 cm³/mol. The third kappa shape index (κ3) is 4.61. The molecule has 0 aliphatic carbocycles. The molecular weight excluding hydrogens is 362 g/mol. The summed E-state index contributed by atoms with van der Waals surface area (Å²) in [5, 5.41) is 3.48. The van der Waals surface area contributed by atoms with Gasteiger partial charge in [-0.25, -0.2) is 0 Å². The van der Waals surface area contributed by atoms with E-state index in [0.29, 0.717) is 29.4 Å². The maximum Gasteiger partial charge on any atom is 0.255 e. The van der Waals surface area contributed by atoms with E-state index < -0.39 is 0 Å². The zero-order valence-corrected chi connectivity index (χ0v) is 16.4. The lowest BCUT2D eigenvalue weighted by Crippen LogP contribution is -2.48. The number of rotatable bonds is 4. The Morgan fingerprint density at radius 3 is 2.26 bits per heavy atom. The number of nitrogens with one attached hydrogen (secondary N) is 1. The number of amides is 2. The summed E-state index contributed by atoms with van der Waals surface area (Å²) in [6, 6.07) is 13.1. The van der Waals surface area contributed by atoms with E-state index in [1.165, 1.54) is 5.56 Å². The van der Waals surface area contributed by atoms with Crippen molar-refractivity contribution < 1.29 is 9.59 Å². The molecule has 0 atom stereocenters. The van der Waals surface area contributed by atoms with Gasteiger partial charge in [0, 0.05) is 44.4 Å². The molecule has 1 N–H and O–H groups in total. The molecule has 5 nitrogen and oxygen atoms in total. The minimum atomic E-state index is -0.156. The predicted octanol–water partition coefficient (Wildman–Crippen LogP) is 3.82. The van der Waals surface area contributed by atoms with Crippen LogP contribution in [0, 0.1) is 0 Å². The van der Waals surface area contributed by atoms with Crippen LogP contribution in [-0.4, -0.2) is 42.9 Å². The van der Waals surface area contributed by atoms with E-state index in [2.05, 4.69) is 17.1 Å². The van der Waals surface area contributed by atoms with Crippen LogP contribution >= 0.6 is 11.6 Å². The van der Waals surface area contributed by atoms with Crippen LogP contribution in [0.15, 0.2) is 42.5 Å². The summed E-state index contributed by atoms with van der Waals surface area (Å²) in [6.45, 7) is 6.55. The Balaban J connectivity index is 1.66. The van der Waals surface area contributed by atoms with Gasteiger partial charge in [0.05, 0.1) is 10.7 Å². The van der Waals surface area contributed by atoms with E-state index in [-0.39, 0.29) is 11.8 Å². The van der Waals surface area contributed by atoms with Crippen molar-refractivity contribution in [3.8, 4) is 0 Å². The van der Waals surface area contributed by atoms with Gasteiger partial charge in [-0.2, -0.15) is 0 Å². The number of benzene rings is 2. The third-order valence-corrected chi connectivity index (χ3v) is 5.20. The minimum Gasteiger partial charge on any atom is -0.367 e. The van der Waals surface area contributed by atoms with Gasteiger partial charge >= 0.3 is 0 Å². The number of carbonyl (C=O) groups excluding carboxylic acids is 2. The number of carbonyl (C=O) groups is 2. The average molecular weight is 386 g/mol. The molecule has 1 saturated heterocycles. The van der Waals surface area contributed by atoms with Crippen molar-refractivity contribution >= 4 is 34.8 Å². The van der Waals surface area contributed by atoms with E-state index in [4.69, 9.17) is 11.6 Å². The van der Waals surface area contributed by atoms with Gasteiger partial charge < -0.3 is 15.1 Å².